The first-order valence-corrected chi connectivity index (χ1v) is 8.81. The second-order valence-corrected chi connectivity index (χ2v) is 6.11. The van der Waals surface area contributed by atoms with Crippen LogP contribution in [0.2, 0.25) is 0 Å². The molecule has 0 aromatic heterocycles. The summed E-state index contributed by atoms with van der Waals surface area (Å²) in [6.07, 6.45) is 1.50. The Kier molecular flexibility index (Phi) is 7.35. The van der Waals surface area contributed by atoms with Crippen molar-refractivity contribution in [3.63, 3.8) is 0 Å². The van der Waals surface area contributed by atoms with E-state index in [9.17, 15) is 14.9 Å². The summed E-state index contributed by atoms with van der Waals surface area (Å²) >= 11 is 0. The largest absolute Gasteiger partial charge is 0.482 e. The van der Waals surface area contributed by atoms with Gasteiger partial charge in [-0.05, 0) is 61.7 Å². The van der Waals surface area contributed by atoms with Gasteiger partial charge >= 0.3 is 5.97 Å². The van der Waals surface area contributed by atoms with Crippen LogP contribution in [0, 0.1) is 25.2 Å². The molecule has 0 saturated heterocycles. The number of nitriles is 1. The molecular weight excluding hydrogens is 356 g/mol. The number of carbonyl (C=O) groups excluding carboxylic acids is 2. The van der Waals surface area contributed by atoms with Crippen molar-refractivity contribution in [3.05, 3.63) is 64.7 Å². The van der Waals surface area contributed by atoms with Crippen LogP contribution in [-0.4, -0.2) is 25.1 Å². The molecule has 0 unspecified atom stereocenters. The Balaban J connectivity index is 2.07. The summed E-state index contributed by atoms with van der Waals surface area (Å²) < 4.78 is 10.1. The van der Waals surface area contributed by atoms with Gasteiger partial charge in [0.15, 0.2) is 6.61 Å². The van der Waals surface area contributed by atoms with Gasteiger partial charge in [-0.2, -0.15) is 5.26 Å². The number of hydrogen-bond donors (Lipinski definition) is 1. The second kappa shape index (κ2) is 9.93. The maximum Gasteiger partial charge on any atom is 0.344 e. The monoisotopic (exact) mass is 378 g/mol. The molecule has 0 aliphatic rings. The lowest BCUT2D eigenvalue weighted by Gasteiger charge is -2.09. The maximum atomic E-state index is 12.4. The van der Waals surface area contributed by atoms with Crippen molar-refractivity contribution in [2.45, 2.75) is 20.8 Å². The lowest BCUT2D eigenvalue weighted by molar-refractivity contribution is -0.145. The smallest absolute Gasteiger partial charge is 0.344 e. The molecule has 0 heterocycles. The molecule has 0 aliphatic carbocycles. The Morgan fingerprint density at radius 1 is 1.14 bits per heavy atom. The number of aryl methyl sites for hydroxylation is 2. The number of nitrogens with zero attached hydrogens (tertiary/aromatic N) is 1. The van der Waals surface area contributed by atoms with Crippen LogP contribution in [0.4, 0.5) is 5.69 Å². The van der Waals surface area contributed by atoms with E-state index >= 15 is 0 Å². The second-order valence-electron chi connectivity index (χ2n) is 6.11. The zero-order chi connectivity index (χ0) is 20.5. The first kappa shape index (κ1) is 20.7. The SMILES string of the molecule is CCOC(=O)COc1ccc(/C=C(\C#N)C(=O)Nc2cc(C)ccc2C)cc1. The van der Waals surface area contributed by atoms with Crippen LogP contribution in [0.1, 0.15) is 23.6 Å². The molecule has 0 radical (unpaired) electrons. The van der Waals surface area contributed by atoms with Crippen molar-refractivity contribution in [1.29, 1.82) is 5.26 Å². The molecule has 2 aromatic rings. The molecule has 0 bridgehead atoms. The number of ether oxygens (including phenoxy) is 2. The number of benzene rings is 2. The van der Waals surface area contributed by atoms with Gasteiger partial charge in [0.2, 0.25) is 0 Å². The van der Waals surface area contributed by atoms with Crippen LogP contribution in [0.5, 0.6) is 5.75 Å². The highest BCUT2D eigenvalue weighted by Crippen LogP contribution is 2.19. The lowest BCUT2D eigenvalue weighted by Crippen LogP contribution is -2.14. The quantitative estimate of drug-likeness (QED) is 0.450. The van der Waals surface area contributed by atoms with E-state index < -0.39 is 11.9 Å². The van der Waals surface area contributed by atoms with E-state index in [1.165, 1.54) is 6.08 Å². The summed E-state index contributed by atoms with van der Waals surface area (Å²) in [5.74, 6) is -0.427. The topological polar surface area (TPSA) is 88.4 Å². The van der Waals surface area contributed by atoms with Gasteiger partial charge in [-0.15, -0.1) is 0 Å². The Hall–Kier alpha value is -3.59. The Labute approximate surface area is 164 Å². The van der Waals surface area contributed by atoms with Gasteiger partial charge in [-0.25, -0.2) is 4.79 Å². The van der Waals surface area contributed by atoms with Gasteiger partial charge in [0.05, 0.1) is 6.61 Å². The van der Waals surface area contributed by atoms with Gasteiger partial charge < -0.3 is 14.8 Å². The first-order valence-electron chi connectivity index (χ1n) is 8.81. The van der Waals surface area contributed by atoms with Gasteiger partial charge in [-0.3, -0.25) is 4.79 Å². The van der Waals surface area contributed by atoms with E-state index in [1.54, 1.807) is 31.2 Å². The molecule has 28 heavy (non-hydrogen) atoms. The number of nitrogens with one attached hydrogen (secondary N) is 1. The van der Waals surface area contributed by atoms with Crippen LogP contribution in [0.25, 0.3) is 6.08 Å². The molecule has 6 nitrogen and oxygen atoms in total. The van der Waals surface area contributed by atoms with E-state index in [4.69, 9.17) is 9.47 Å². The number of anilines is 1. The van der Waals surface area contributed by atoms with Gasteiger partial charge in [0.1, 0.15) is 17.4 Å². The summed E-state index contributed by atoms with van der Waals surface area (Å²) in [6, 6.07) is 14.4. The van der Waals surface area contributed by atoms with Crippen LogP contribution in [0.3, 0.4) is 0 Å². The summed E-state index contributed by atoms with van der Waals surface area (Å²) in [4.78, 5) is 23.7. The van der Waals surface area contributed by atoms with Crippen molar-refractivity contribution >= 4 is 23.6 Å². The minimum Gasteiger partial charge on any atom is -0.482 e. The third-order valence-corrected chi connectivity index (χ3v) is 3.86. The van der Waals surface area contributed by atoms with Crippen molar-refractivity contribution in [3.8, 4) is 11.8 Å². The summed E-state index contributed by atoms with van der Waals surface area (Å²) in [6.45, 7) is 5.67. The van der Waals surface area contributed by atoms with Crippen LogP contribution >= 0.6 is 0 Å². The predicted octanol–water partition coefficient (Wildman–Crippen LogP) is 3.79. The molecule has 2 aromatic carbocycles. The molecule has 0 fully saturated rings. The molecule has 2 rings (SSSR count). The fourth-order valence-electron chi connectivity index (χ4n) is 2.38. The predicted molar refractivity (Wildman–Crippen MR) is 107 cm³/mol. The first-order chi connectivity index (χ1) is 13.4. The van der Waals surface area contributed by atoms with Crippen molar-refractivity contribution < 1.29 is 19.1 Å². The summed E-state index contributed by atoms with van der Waals surface area (Å²) in [7, 11) is 0. The van der Waals surface area contributed by atoms with Crippen LogP contribution < -0.4 is 10.1 Å². The number of esters is 1. The highest BCUT2D eigenvalue weighted by Gasteiger charge is 2.11. The number of amides is 1. The molecule has 0 aliphatic heterocycles. The Morgan fingerprint density at radius 2 is 1.86 bits per heavy atom. The average Bonchev–Trinajstić information content (AvgIpc) is 2.68. The Bertz CT molecular complexity index is 925. The molecule has 0 spiro atoms. The summed E-state index contributed by atoms with van der Waals surface area (Å²) in [5, 5.41) is 12.1. The van der Waals surface area contributed by atoms with Gasteiger partial charge in [0.25, 0.3) is 5.91 Å². The van der Waals surface area contributed by atoms with E-state index in [0.717, 1.165) is 11.1 Å². The van der Waals surface area contributed by atoms with E-state index in [-0.39, 0.29) is 12.2 Å². The highest BCUT2D eigenvalue weighted by molar-refractivity contribution is 6.10. The third-order valence-electron chi connectivity index (χ3n) is 3.86. The molecule has 0 saturated carbocycles. The highest BCUT2D eigenvalue weighted by atomic mass is 16.6. The molecule has 6 heteroatoms. The fourth-order valence-corrected chi connectivity index (χ4v) is 2.38. The summed E-state index contributed by atoms with van der Waals surface area (Å²) in [5.41, 5.74) is 3.26. The van der Waals surface area contributed by atoms with Crippen LogP contribution in [0.15, 0.2) is 48.0 Å². The van der Waals surface area contributed by atoms with E-state index in [0.29, 0.717) is 23.6 Å². The minimum absolute atomic E-state index is 0.0129. The van der Waals surface area contributed by atoms with Gasteiger partial charge in [-0.1, -0.05) is 24.3 Å². The van der Waals surface area contributed by atoms with E-state index in [1.807, 2.05) is 38.1 Å². The molecule has 144 valence electrons. The van der Waals surface area contributed by atoms with Crippen molar-refractivity contribution in [1.82, 2.24) is 0 Å². The Morgan fingerprint density at radius 3 is 2.50 bits per heavy atom. The number of hydrogen-bond acceptors (Lipinski definition) is 5. The normalized spacial score (nSPS) is 10.7. The lowest BCUT2D eigenvalue weighted by atomic mass is 10.1. The minimum atomic E-state index is -0.473. The van der Waals surface area contributed by atoms with E-state index in [2.05, 4.69) is 5.32 Å². The molecular formula is C22H22N2O4. The van der Waals surface area contributed by atoms with Crippen LogP contribution in [-0.2, 0) is 14.3 Å². The number of rotatable bonds is 7. The molecule has 1 amide bonds. The third kappa shape index (κ3) is 5.99. The average molecular weight is 378 g/mol. The maximum absolute atomic E-state index is 12.4. The van der Waals surface area contributed by atoms with Crippen molar-refractivity contribution in [2.24, 2.45) is 0 Å². The fraction of sp³-hybridized carbons (Fsp3) is 0.227. The van der Waals surface area contributed by atoms with Gasteiger partial charge in [0, 0.05) is 5.69 Å². The molecule has 0 atom stereocenters. The number of carbonyl (C=O) groups is 2. The molecule has 1 N–H and O–H groups in total. The zero-order valence-electron chi connectivity index (χ0n) is 16.1. The van der Waals surface area contributed by atoms with Crippen molar-refractivity contribution in [2.75, 3.05) is 18.5 Å². The zero-order valence-corrected chi connectivity index (χ0v) is 16.1. The standard InChI is InChI=1S/C22H22N2O4/c1-4-27-21(25)14-28-19-9-7-17(8-10-19)12-18(13-23)22(26)24-20-11-15(2)5-6-16(20)3/h5-12H,4,14H2,1-3H3,(H,24,26)/b18-12+.